The van der Waals surface area contributed by atoms with E-state index in [0.717, 1.165) is 81.5 Å². The van der Waals surface area contributed by atoms with Gasteiger partial charge in [-0.2, -0.15) is 0 Å². The Balaban J connectivity index is 6.01. The molecule has 0 aliphatic carbocycles. The fourth-order valence-corrected chi connectivity index (χ4v) is 16.8. The Morgan fingerprint density at radius 1 is 0.489 bits per heavy atom. The van der Waals surface area contributed by atoms with Crippen molar-refractivity contribution in [1.82, 2.24) is 0 Å². The van der Waals surface area contributed by atoms with Crippen LogP contribution in [0.25, 0.3) is 0 Å². The molecular weight excluding hydrogens is 755 g/mol. The molecule has 0 rings (SSSR count). The van der Waals surface area contributed by atoms with E-state index in [9.17, 15) is 14.4 Å². The molecule has 47 heavy (non-hydrogen) atoms. The van der Waals surface area contributed by atoms with Gasteiger partial charge in [0.15, 0.2) is 0 Å². The van der Waals surface area contributed by atoms with Crippen molar-refractivity contribution in [2.45, 2.75) is 179 Å². The minimum absolute atomic E-state index is 0.316. The van der Waals surface area contributed by atoms with Gasteiger partial charge in [-0.3, -0.25) is 0 Å². The number of carbonyl (C=O) groups is 3. The van der Waals surface area contributed by atoms with Gasteiger partial charge in [0.1, 0.15) is 0 Å². The molecule has 0 aliphatic rings. The second kappa shape index (κ2) is 28.9. The minimum atomic E-state index is -5.04. The topological polar surface area (TPSA) is 78.9 Å². The van der Waals surface area contributed by atoms with E-state index in [2.05, 4.69) is 41.5 Å². The third-order valence-corrected chi connectivity index (χ3v) is 20.2. The predicted molar refractivity (Wildman–Crippen MR) is 209 cm³/mol. The summed E-state index contributed by atoms with van der Waals surface area (Å²) in [6, 6.07) is 0. The van der Waals surface area contributed by atoms with Crippen LogP contribution in [0, 0.1) is 17.8 Å². The zero-order valence-electron chi connectivity index (χ0n) is 31.9. The van der Waals surface area contributed by atoms with Crippen LogP contribution in [0.5, 0.6) is 0 Å². The van der Waals surface area contributed by atoms with Gasteiger partial charge in [0.25, 0.3) is 0 Å². The number of rotatable bonds is 30. The summed E-state index contributed by atoms with van der Waals surface area (Å²) in [6.07, 6.45) is 15.2. The van der Waals surface area contributed by atoms with Gasteiger partial charge in [-0.15, -0.1) is 0 Å². The van der Waals surface area contributed by atoms with Crippen LogP contribution in [0.3, 0.4) is 0 Å². The summed E-state index contributed by atoms with van der Waals surface area (Å²) in [4.78, 5) is 41.0. The van der Waals surface area contributed by atoms with E-state index in [4.69, 9.17) is 9.22 Å². The van der Waals surface area contributed by atoms with Gasteiger partial charge in [-0.25, -0.2) is 0 Å². The molecular formula is C37H72O6S3Sn. The van der Waals surface area contributed by atoms with Crippen LogP contribution in [-0.2, 0) is 23.6 Å². The Hall–Kier alpha value is 0.259. The molecule has 0 aromatic carbocycles. The summed E-state index contributed by atoms with van der Waals surface area (Å²) < 4.78 is 19.0. The van der Waals surface area contributed by atoms with Crippen molar-refractivity contribution in [1.29, 1.82) is 0 Å². The van der Waals surface area contributed by atoms with Crippen molar-refractivity contribution in [3.63, 3.8) is 0 Å². The Morgan fingerprint density at radius 2 is 0.766 bits per heavy atom. The van der Waals surface area contributed by atoms with Gasteiger partial charge in [-0.05, 0) is 0 Å². The van der Waals surface area contributed by atoms with E-state index < -0.39 is 53.3 Å². The average molecular weight is 828 g/mol. The first-order valence-electron chi connectivity index (χ1n) is 19.0. The zero-order chi connectivity index (χ0) is 35.7. The predicted octanol–water partition coefficient (Wildman–Crippen LogP) is 11.4. The van der Waals surface area contributed by atoms with Crippen molar-refractivity contribution in [3.8, 4) is 0 Å². The second-order valence-corrected chi connectivity index (χ2v) is 24.4. The molecule has 0 radical (unpaired) electrons. The Kier molecular flexibility index (Phi) is 29.1. The van der Waals surface area contributed by atoms with Crippen LogP contribution in [0.4, 0.5) is 0 Å². The van der Waals surface area contributed by atoms with Crippen LogP contribution >= 0.6 is 35.3 Å². The first-order valence-corrected chi connectivity index (χ1v) is 27.6. The van der Waals surface area contributed by atoms with Crippen molar-refractivity contribution in [2.75, 3.05) is 17.3 Å². The zero-order valence-corrected chi connectivity index (χ0v) is 37.2. The normalized spacial score (nSPS) is 16.7. The van der Waals surface area contributed by atoms with E-state index in [1.165, 1.54) is 19.3 Å². The molecule has 0 saturated carbocycles. The van der Waals surface area contributed by atoms with Crippen LogP contribution in [0.2, 0.25) is 4.44 Å². The van der Waals surface area contributed by atoms with Gasteiger partial charge in [0.05, 0.1) is 0 Å². The van der Waals surface area contributed by atoms with E-state index in [-0.39, 0.29) is 0 Å². The standard InChI is InChI=1S/3C11H22O2S.C4H9.Sn/c3*1-4-6-7-10(5-2)8-14-9(3)11(12)13;1-3-4-2;/h3*9-10H,4-8H2,1-3H3,(H,12,13);1,3-4H2,2H3;/q;;;;+3/p-3. The second-order valence-electron chi connectivity index (χ2n) is 13.2. The number of thioether (sulfide) groups is 3. The Bertz CT molecular complexity index is 734. The molecule has 0 bridgehead atoms. The van der Waals surface area contributed by atoms with Gasteiger partial charge in [0.2, 0.25) is 0 Å². The average Bonchev–Trinajstić information content (AvgIpc) is 3.06. The number of hydrogen-bond donors (Lipinski definition) is 0. The number of unbranched alkanes of at least 4 members (excludes halogenated alkanes) is 4. The van der Waals surface area contributed by atoms with E-state index >= 15 is 0 Å². The SMILES string of the molecule is CCCCC(CC)CSC(C)C(=O)[O][Sn]([CH2]CCC)([O]C(=O)C(C)SCC(CC)CCCC)[O]C(=O)C(C)SCC(CC)CCCC. The fraction of sp³-hybridized carbons (Fsp3) is 0.919. The number of hydrogen-bond acceptors (Lipinski definition) is 9. The van der Waals surface area contributed by atoms with E-state index in [1.807, 2.05) is 27.7 Å². The van der Waals surface area contributed by atoms with Crippen LogP contribution in [0.15, 0.2) is 0 Å². The van der Waals surface area contributed by atoms with Crippen molar-refractivity contribution >= 4 is 72.8 Å². The summed E-state index contributed by atoms with van der Waals surface area (Å²) in [5, 5.41) is -1.31. The molecule has 10 heteroatoms. The Labute approximate surface area is 308 Å². The summed E-state index contributed by atoms with van der Waals surface area (Å²) in [7, 11) is 0. The molecule has 0 aliphatic heterocycles. The molecule has 6 unspecified atom stereocenters. The summed E-state index contributed by atoms with van der Waals surface area (Å²) >= 11 is -0.265. The van der Waals surface area contributed by atoms with Crippen LogP contribution < -0.4 is 0 Å². The van der Waals surface area contributed by atoms with Crippen molar-refractivity contribution in [2.24, 2.45) is 17.8 Å². The molecule has 0 amide bonds. The third kappa shape index (κ3) is 21.3. The first-order chi connectivity index (χ1) is 22.5. The molecule has 0 spiro atoms. The Morgan fingerprint density at radius 3 is 1.00 bits per heavy atom. The van der Waals surface area contributed by atoms with E-state index in [1.54, 1.807) is 35.3 Å². The molecule has 278 valence electrons. The van der Waals surface area contributed by atoms with Gasteiger partial charge >= 0.3 is 311 Å². The van der Waals surface area contributed by atoms with Gasteiger partial charge in [-0.1, -0.05) is 0 Å². The monoisotopic (exact) mass is 828 g/mol. The molecule has 0 fully saturated rings. The fourth-order valence-electron chi connectivity index (χ4n) is 5.06. The molecule has 6 nitrogen and oxygen atoms in total. The maximum atomic E-state index is 13.7. The maximum absolute atomic E-state index is 13.7. The quantitative estimate of drug-likeness (QED) is 0.0658. The van der Waals surface area contributed by atoms with Gasteiger partial charge < -0.3 is 0 Å². The molecule has 0 aromatic heterocycles. The number of carbonyl (C=O) groups excluding carboxylic acids is 3. The summed E-state index contributed by atoms with van der Waals surface area (Å²) in [5.41, 5.74) is 0. The van der Waals surface area contributed by atoms with E-state index in [0.29, 0.717) is 28.6 Å². The molecule has 0 aromatic rings. The first kappa shape index (κ1) is 47.3. The van der Waals surface area contributed by atoms with Crippen molar-refractivity contribution in [3.05, 3.63) is 0 Å². The molecule has 0 N–H and O–H groups in total. The summed E-state index contributed by atoms with van der Waals surface area (Å²) in [6.45, 7) is 20.8. The van der Waals surface area contributed by atoms with Crippen LogP contribution in [-0.4, -0.2) is 70.5 Å². The molecule has 0 heterocycles. The third-order valence-electron chi connectivity index (χ3n) is 8.98. The summed E-state index contributed by atoms with van der Waals surface area (Å²) in [5.74, 6) is 2.98. The molecule has 6 atom stereocenters. The van der Waals surface area contributed by atoms with Crippen LogP contribution in [0.1, 0.15) is 159 Å². The molecule has 0 saturated heterocycles. The van der Waals surface area contributed by atoms with Crippen molar-refractivity contribution < 1.29 is 23.6 Å². The van der Waals surface area contributed by atoms with Gasteiger partial charge in [0, 0.05) is 0 Å².